The van der Waals surface area contributed by atoms with Gasteiger partial charge in [-0.05, 0) is 57.8 Å². The number of phenolic OH excluding ortho intramolecular Hbond substituents is 1. The first-order valence-electron chi connectivity index (χ1n) is 15.4. The summed E-state index contributed by atoms with van der Waals surface area (Å²) in [6.07, 6.45) is 3.25. The molecular formula is C32H48N4O9. The summed E-state index contributed by atoms with van der Waals surface area (Å²) in [5, 5.41) is 47.8. The maximum absolute atomic E-state index is 14.2. The van der Waals surface area contributed by atoms with E-state index < -0.39 is 65.3 Å². The number of Topliss-reactive ketones (excluding diaryl/α,β-unsaturated/α-hetero) is 2. The Morgan fingerprint density at radius 1 is 1.16 bits per heavy atom. The second kappa shape index (κ2) is 14.6. The van der Waals surface area contributed by atoms with Gasteiger partial charge in [-0.1, -0.05) is 26.2 Å². The van der Waals surface area contributed by atoms with E-state index in [2.05, 4.69) is 12.2 Å². The number of likely N-dealkylation sites (N-methyl/N-ethyl adjacent to an activating group) is 1. The molecule has 2 aliphatic carbocycles. The number of nitrogens with two attached hydrogens (primary N) is 1. The maximum atomic E-state index is 14.2. The Bertz CT molecular complexity index is 1340. The summed E-state index contributed by atoms with van der Waals surface area (Å²) in [4.78, 5) is 55.5. The van der Waals surface area contributed by atoms with Crippen molar-refractivity contribution in [3.05, 3.63) is 28.3 Å². The summed E-state index contributed by atoms with van der Waals surface area (Å²) in [6.45, 7) is 2.88. The van der Waals surface area contributed by atoms with Crippen LogP contribution in [0.15, 0.2) is 11.6 Å². The number of primary amides is 1. The zero-order chi connectivity index (χ0) is 33.8. The third-order valence-corrected chi connectivity index (χ3v) is 9.13. The molecule has 1 aromatic carbocycles. The first-order valence-corrected chi connectivity index (χ1v) is 15.4. The number of fused-ring (bicyclic) bond motifs is 2. The van der Waals surface area contributed by atoms with Crippen LogP contribution < -0.4 is 16.0 Å². The molecule has 0 aliphatic heterocycles. The Kier molecular flexibility index (Phi) is 11.6. The second-order valence-corrected chi connectivity index (χ2v) is 12.5. The summed E-state index contributed by atoms with van der Waals surface area (Å²) >= 11 is 0. The average molecular weight is 633 g/mol. The maximum Gasteiger partial charge on any atom is 0.407 e. The van der Waals surface area contributed by atoms with Gasteiger partial charge in [0.05, 0.1) is 24.7 Å². The predicted octanol–water partition coefficient (Wildman–Crippen LogP) is 1.64. The number of nitrogens with one attached hydrogen (secondary N) is 1. The van der Waals surface area contributed by atoms with Crippen molar-refractivity contribution in [2.24, 2.45) is 23.5 Å². The molecule has 0 heterocycles. The van der Waals surface area contributed by atoms with E-state index in [-0.39, 0.29) is 48.4 Å². The molecule has 2 aliphatic rings. The number of unbranched alkanes of at least 4 members (excludes halogenated alkanes) is 3. The number of hydrogen-bond acceptors (Lipinski definition) is 11. The minimum absolute atomic E-state index is 0.00271. The number of benzene rings is 1. The number of aliphatic hydroxyl groups excluding tert-OH is 2. The molecule has 250 valence electrons. The van der Waals surface area contributed by atoms with E-state index in [9.17, 15) is 39.6 Å². The van der Waals surface area contributed by atoms with Gasteiger partial charge in [0.25, 0.3) is 0 Å². The van der Waals surface area contributed by atoms with Gasteiger partial charge in [-0.2, -0.15) is 0 Å². The number of phenols is 1. The van der Waals surface area contributed by atoms with Gasteiger partial charge in [-0.15, -0.1) is 0 Å². The van der Waals surface area contributed by atoms with Crippen molar-refractivity contribution in [1.29, 1.82) is 0 Å². The van der Waals surface area contributed by atoms with Crippen molar-refractivity contribution in [2.75, 3.05) is 46.3 Å². The van der Waals surface area contributed by atoms with Gasteiger partial charge in [-0.25, -0.2) is 4.79 Å². The lowest BCUT2D eigenvalue weighted by molar-refractivity contribution is -0.166. The Morgan fingerprint density at radius 3 is 2.38 bits per heavy atom. The van der Waals surface area contributed by atoms with Crippen LogP contribution in [-0.4, -0.2) is 102 Å². The molecule has 3 rings (SSSR count). The number of ketones is 2. The zero-order valence-electron chi connectivity index (χ0n) is 27.1. The van der Waals surface area contributed by atoms with Crippen LogP contribution in [0, 0.1) is 17.8 Å². The highest BCUT2D eigenvalue weighted by atomic mass is 16.5. The number of alkyl carbamates (subject to hydrolysis) is 1. The molecule has 1 unspecified atom stereocenters. The molecule has 13 heteroatoms. The zero-order valence-corrected chi connectivity index (χ0v) is 27.1. The number of carbonyl (C=O) groups is 4. The molecule has 0 bridgehead atoms. The lowest BCUT2D eigenvalue weighted by Crippen LogP contribution is -2.65. The standard InChI is InChI=1S/C32H48N4O9/c1-7-8-9-10-11-45-31(43)34-15-19-14-22(35(3)4)20-12-18-13-21(23(16-37)36(5)6)32(44,28(40)17(2)30(33)42)29(41)24(18)27(39)25(20)26(19)38/h14,17-18,21,23,37-39,44H,7-13,15-16H2,1-6H3,(H2,33,42)(H,34,43)/t17?,18-,21-,23+,32+/m0/s1. The van der Waals surface area contributed by atoms with Crippen LogP contribution >= 0.6 is 0 Å². The molecule has 1 aromatic rings. The molecule has 13 nitrogen and oxygen atoms in total. The molecule has 0 radical (unpaired) electrons. The van der Waals surface area contributed by atoms with Crippen molar-refractivity contribution in [3.63, 3.8) is 0 Å². The summed E-state index contributed by atoms with van der Waals surface area (Å²) in [5.41, 5.74) is 3.69. The highest BCUT2D eigenvalue weighted by Gasteiger charge is 2.61. The topological polar surface area (TPSA) is 203 Å². The van der Waals surface area contributed by atoms with E-state index in [0.29, 0.717) is 11.3 Å². The summed E-state index contributed by atoms with van der Waals surface area (Å²) in [5.74, 6) is -7.61. The van der Waals surface area contributed by atoms with E-state index in [1.165, 1.54) is 6.92 Å². The van der Waals surface area contributed by atoms with Crippen molar-refractivity contribution in [3.8, 4) is 5.75 Å². The van der Waals surface area contributed by atoms with Gasteiger partial charge < -0.3 is 46.0 Å². The van der Waals surface area contributed by atoms with Crippen LogP contribution in [0.4, 0.5) is 10.5 Å². The van der Waals surface area contributed by atoms with Gasteiger partial charge in [0.1, 0.15) is 11.5 Å². The molecular weight excluding hydrogens is 584 g/mol. The summed E-state index contributed by atoms with van der Waals surface area (Å²) in [6, 6.07) is 0.829. The highest BCUT2D eigenvalue weighted by molar-refractivity contribution is 6.24. The molecule has 5 atom stereocenters. The fourth-order valence-electron chi connectivity index (χ4n) is 6.52. The molecule has 0 spiro atoms. The summed E-state index contributed by atoms with van der Waals surface area (Å²) in [7, 11) is 6.81. The minimum atomic E-state index is -2.79. The number of carbonyl (C=O) groups excluding carboxylic acids is 4. The van der Waals surface area contributed by atoms with Gasteiger partial charge >= 0.3 is 6.09 Å². The van der Waals surface area contributed by atoms with Crippen molar-refractivity contribution in [2.45, 2.75) is 70.6 Å². The number of amides is 2. The van der Waals surface area contributed by atoms with Gasteiger partial charge in [0.2, 0.25) is 11.7 Å². The molecule has 45 heavy (non-hydrogen) atoms. The van der Waals surface area contributed by atoms with Crippen LogP contribution in [0.2, 0.25) is 0 Å². The molecule has 1 fully saturated rings. The predicted molar refractivity (Wildman–Crippen MR) is 167 cm³/mol. The van der Waals surface area contributed by atoms with Crippen LogP contribution in [0.5, 0.6) is 5.75 Å². The van der Waals surface area contributed by atoms with E-state index in [1.54, 1.807) is 44.1 Å². The molecule has 0 saturated heterocycles. The Balaban J connectivity index is 2.10. The van der Waals surface area contributed by atoms with Crippen molar-refractivity contribution >= 4 is 35.0 Å². The number of hydrogen-bond donors (Lipinski definition) is 6. The monoisotopic (exact) mass is 632 g/mol. The van der Waals surface area contributed by atoms with E-state index in [4.69, 9.17) is 10.5 Å². The van der Waals surface area contributed by atoms with Crippen LogP contribution in [0.25, 0.3) is 5.76 Å². The first-order chi connectivity index (χ1) is 21.1. The third kappa shape index (κ3) is 6.95. The van der Waals surface area contributed by atoms with Crippen molar-refractivity contribution in [1.82, 2.24) is 10.2 Å². The second-order valence-electron chi connectivity index (χ2n) is 12.5. The Labute approximate surface area is 264 Å². The first kappa shape index (κ1) is 35.8. The number of aliphatic hydroxyl groups is 3. The lowest BCUT2D eigenvalue weighted by atomic mass is 9.59. The number of nitrogens with zero attached hydrogens (tertiary/aromatic N) is 2. The largest absolute Gasteiger partial charge is 0.507 e. The highest BCUT2D eigenvalue weighted by Crippen LogP contribution is 2.51. The van der Waals surface area contributed by atoms with Crippen LogP contribution in [0.3, 0.4) is 0 Å². The lowest BCUT2D eigenvalue weighted by Gasteiger charge is -2.48. The third-order valence-electron chi connectivity index (χ3n) is 9.13. The molecule has 2 amide bonds. The number of anilines is 1. The smallest absolute Gasteiger partial charge is 0.407 e. The van der Waals surface area contributed by atoms with Gasteiger partial charge in [0, 0.05) is 49.4 Å². The fourth-order valence-corrected chi connectivity index (χ4v) is 6.52. The van der Waals surface area contributed by atoms with Crippen LogP contribution in [-0.2, 0) is 32.1 Å². The fraction of sp³-hybridized carbons (Fsp3) is 0.625. The quantitative estimate of drug-likeness (QED) is 0.129. The Morgan fingerprint density at radius 2 is 1.82 bits per heavy atom. The Hall–Kier alpha value is -3.68. The average Bonchev–Trinajstić information content (AvgIpc) is 2.98. The van der Waals surface area contributed by atoms with Gasteiger partial charge in [-0.3, -0.25) is 14.4 Å². The normalized spacial score (nSPS) is 22.4. The summed E-state index contributed by atoms with van der Waals surface area (Å²) < 4.78 is 5.22. The van der Waals surface area contributed by atoms with E-state index >= 15 is 0 Å². The minimum Gasteiger partial charge on any atom is -0.507 e. The molecule has 1 saturated carbocycles. The number of aromatic hydroxyl groups is 1. The SMILES string of the molecule is CCCCCCOC(=O)NCc1cc(N(C)C)c2c(c1O)C(O)=C1C(=O)[C@](O)(C(=O)C(C)C(N)=O)[C@H]([C@@H](CO)N(C)C)C[C@@H]1C2. The van der Waals surface area contributed by atoms with E-state index in [0.717, 1.165) is 25.7 Å². The van der Waals surface area contributed by atoms with E-state index in [1.807, 2.05) is 0 Å². The molecule has 0 aromatic heterocycles. The number of ether oxygens (including phenoxy) is 1. The van der Waals surface area contributed by atoms with Crippen LogP contribution in [0.1, 0.15) is 62.6 Å². The number of rotatable bonds is 14. The van der Waals surface area contributed by atoms with Crippen molar-refractivity contribution < 1.29 is 44.3 Å². The molecule has 7 N–H and O–H groups in total. The van der Waals surface area contributed by atoms with Gasteiger partial charge in [0.15, 0.2) is 11.4 Å².